The van der Waals surface area contributed by atoms with Crippen molar-refractivity contribution in [1.29, 1.82) is 0 Å². The maximum Gasteiger partial charge on any atom is 0.164 e. The number of benzene rings is 8. The van der Waals surface area contributed by atoms with Crippen molar-refractivity contribution in [3.8, 4) is 67.5 Å². The quantitative estimate of drug-likeness (QED) is 0.171. The molecule has 3 aromatic heterocycles. The number of thiophene rings is 1. The fourth-order valence-electron chi connectivity index (χ4n) is 7.84. The summed E-state index contributed by atoms with van der Waals surface area (Å²) in [6.45, 7) is 0. The van der Waals surface area contributed by atoms with Crippen molar-refractivity contribution in [2.45, 2.75) is 0 Å². The van der Waals surface area contributed by atoms with Gasteiger partial charge in [0.2, 0.25) is 0 Å². The second-order valence-corrected chi connectivity index (χ2v) is 15.0. The summed E-state index contributed by atoms with van der Waals surface area (Å²) in [4.78, 5) is 15.1. The fourth-order valence-corrected chi connectivity index (χ4v) is 9.11. The summed E-state index contributed by atoms with van der Waals surface area (Å²) in [5, 5.41) is 4.68. The monoisotopic (exact) mass is 733 g/mol. The minimum atomic E-state index is 0.641. The van der Waals surface area contributed by atoms with E-state index in [1.165, 1.54) is 31.3 Å². The molecule has 8 aromatic carbocycles. The highest BCUT2D eigenvalue weighted by atomic mass is 32.1. The van der Waals surface area contributed by atoms with Crippen molar-refractivity contribution < 1.29 is 4.42 Å². The highest BCUT2D eigenvalue weighted by molar-refractivity contribution is 7.26. The predicted octanol–water partition coefficient (Wildman–Crippen LogP) is 14.1. The van der Waals surface area contributed by atoms with E-state index in [1.54, 1.807) is 0 Å². The first-order valence-corrected chi connectivity index (χ1v) is 19.5. The molecule has 0 N–H and O–H groups in total. The Morgan fingerprint density at radius 3 is 1.62 bits per heavy atom. The first-order chi connectivity index (χ1) is 27.7. The molecule has 0 fully saturated rings. The Morgan fingerprint density at radius 1 is 0.357 bits per heavy atom. The van der Waals surface area contributed by atoms with E-state index >= 15 is 0 Å². The fraction of sp³-hybridized carbons (Fsp3) is 0. The zero-order valence-electron chi connectivity index (χ0n) is 30.1. The number of nitrogens with zero attached hydrogens (tertiary/aromatic N) is 3. The molecule has 262 valence electrons. The largest absolute Gasteiger partial charge is 0.455 e. The van der Waals surface area contributed by atoms with Crippen molar-refractivity contribution >= 4 is 53.4 Å². The summed E-state index contributed by atoms with van der Waals surface area (Å²) in [7, 11) is 0. The molecule has 0 saturated heterocycles. The third kappa shape index (κ3) is 5.48. The van der Waals surface area contributed by atoms with E-state index in [0.717, 1.165) is 60.9 Å². The van der Waals surface area contributed by atoms with Gasteiger partial charge in [-0.25, -0.2) is 15.0 Å². The Labute approximate surface area is 327 Å². The summed E-state index contributed by atoms with van der Waals surface area (Å²) in [6.07, 6.45) is 0. The lowest BCUT2D eigenvalue weighted by atomic mass is 9.94. The summed E-state index contributed by atoms with van der Waals surface area (Å²) in [6, 6.07) is 65.6. The van der Waals surface area contributed by atoms with Gasteiger partial charge in [0.15, 0.2) is 17.5 Å². The van der Waals surface area contributed by atoms with E-state index in [2.05, 4.69) is 140 Å². The Hall–Kier alpha value is -7.21. The van der Waals surface area contributed by atoms with Crippen molar-refractivity contribution in [3.63, 3.8) is 0 Å². The zero-order chi connectivity index (χ0) is 37.0. The average Bonchev–Trinajstić information content (AvgIpc) is 3.86. The molecule has 11 rings (SSSR count). The van der Waals surface area contributed by atoms with Gasteiger partial charge in [-0.2, -0.15) is 0 Å². The van der Waals surface area contributed by atoms with Gasteiger partial charge in [0.25, 0.3) is 0 Å². The molecule has 56 heavy (non-hydrogen) atoms. The normalized spacial score (nSPS) is 11.6. The maximum atomic E-state index is 6.63. The van der Waals surface area contributed by atoms with Gasteiger partial charge in [-0.05, 0) is 40.5 Å². The number of para-hydroxylation sites is 1. The molecule has 0 unspecified atom stereocenters. The SMILES string of the molecule is c1ccc(-c2ccc(-c3nc(-c4ccccc4)nc(-c4ccc5c(c4)sc4c(-c6ccc(-c7ccccc7)c7oc8ccccc8c67)cccc45)n3)cc2)cc1. The summed E-state index contributed by atoms with van der Waals surface area (Å²) in [5.41, 5.74) is 11.5. The molecule has 4 nitrogen and oxygen atoms in total. The van der Waals surface area contributed by atoms with E-state index in [-0.39, 0.29) is 0 Å². The van der Waals surface area contributed by atoms with Gasteiger partial charge in [0, 0.05) is 58.8 Å². The summed E-state index contributed by atoms with van der Waals surface area (Å²) < 4.78 is 9.04. The minimum Gasteiger partial charge on any atom is -0.455 e. The van der Waals surface area contributed by atoms with Crippen LogP contribution in [0.2, 0.25) is 0 Å². The van der Waals surface area contributed by atoms with Crippen LogP contribution < -0.4 is 0 Å². The number of rotatable bonds is 6. The summed E-state index contributed by atoms with van der Waals surface area (Å²) >= 11 is 1.81. The molecule has 0 spiro atoms. The Morgan fingerprint density at radius 2 is 0.893 bits per heavy atom. The lowest BCUT2D eigenvalue weighted by Gasteiger charge is -2.09. The van der Waals surface area contributed by atoms with Crippen LogP contribution in [0.1, 0.15) is 0 Å². The van der Waals surface area contributed by atoms with Gasteiger partial charge in [0.05, 0.1) is 0 Å². The van der Waals surface area contributed by atoms with E-state index in [0.29, 0.717) is 17.5 Å². The second kappa shape index (κ2) is 13.3. The standard InChI is InChI=1S/C51H31N3OS/c1-4-13-32(14-5-1)33-23-25-36(26-24-33)50-52-49(35-17-8-3-9-18-35)53-51(54-50)37-27-28-39-41-20-12-21-42(48(41)56-45(39)31-37)40-30-29-38(34-15-6-2-7-16-34)47-46(40)43-19-10-11-22-44(43)55-47/h1-31H. The molecule has 0 aliphatic heterocycles. The molecule has 0 atom stereocenters. The van der Waals surface area contributed by atoms with Crippen molar-refractivity contribution in [1.82, 2.24) is 15.0 Å². The molecular formula is C51H31N3OS. The Balaban J connectivity index is 1.06. The first-order valence-electron chi connectivity index (χ1n) is 18.7. The van der Waals surface area contributed by atoms with Crippen LogP contribution in [0.4, 0.5) is 0 Å². The van der Waals surface area contributed by atoms with E-state index in [9.17, 15) is 0 Å². The van der Waals surface area contributed by atoms with E-state index in [1.807, 2.05) is 59.9 Å². The van der Waals surface area contributed by atoms with Gasteiger partial charge in [0.1, 0.15) is 11.2 Å². The molecule has 0 bridgehead atoms. The maximum absolute atomic E-state index is 6.63. The van der Waals surface area contributed by atoms with Crippen LogP contribution in [-0.2, 0) is 0 Å². The molecule has 11 aromatic rings. The summed E-state index contributed by atoms with van der Waals surface area (Å²) in [5.74, 6) is 1.93. The smallest absolute Gasteiger partial charge is 0.164 e. The van der Waals surface area contributed by atoms with E-state index in [4.69, 9.17) is 19.4 Å². The number of fused-ring (bicyclic) bond motifs is 6. The molecule has 0 amide bonds. The van der Waals surface area contributed by atoms with E-state index < -0.39 is 0 Å². The topological polar surface area (TPSA) is 51.8 Å². The molecule has 0 radical (unpaired) electrons. The molecule has 5 heteroatoms. The lowest BCUT2D eigenvalue weighted by Crippen LogP contribution is -2.00. The van der Waals surface area contributed by atoms with Crippen LogP contribution in [-0.4, -0.2) is 15.0 Å². The second-order valence-electron chi connectivity index (χ2n) is 13.9. The Kier molecular flexibility index (Phi) is 7.64. The van der Waals surface area contributed by atoms with Gasteiger partial charge >= 0.3 is 0 Å². The van der Waals surface area contributed by atoms with Gasteiger partial charge in [-0.1, -0.05) is 170 Å². The number of hydrogen-bond acceptors (Lipinski definition) is 5. The zero-order valence-corrected chi connectivity index (χ0v) is 30.9. The van der Waals surface area contributed by atoms with Crippen LogP contribution in [0.5, 0.6) is 0 Å². The molecule has 3 heterocycles. The third-order valence-electron chi connectivity index (χ3n) is 10.6. The number of aromatic nitrogens is 3. The highest BCUT2D eigenvalue weighted by Gasteiger charge is 2.20. The lowest BCUT2D eigenvalue weighted by molar-refractivity contribution is 0.670. The van der Waals surface area contributed by atoms with Crippen molar-refractivity contribution in [2.75, 3.05) is 0 Å². The van der Waals surface area contributed by atoms with Crippen molar-refractivity contribution in [2.24, 2.45) is 0 Å². The van der Waals surface area contributed by atoms with Crippen LogP contribution in [0.25, 0.3) is 110 Å². The molecule has 0 aliphatic carbocycles. The third-order valence-corrected chi connectivity index (χ3v) is 11.8. The number of furan rings is 1. The molecular weight excluding hydrogens is 703 g/mol. The molecule has 0 aliphatic rings. The van der Waals surface area contributed by atoms with Crippen LogP contribution in [0.3, 0.4) is 0 Å². The minimum absolute atomic E-state index is 0.641. The average molecular weight is 734 g/mol. The van der Waals surface area contributed by atoms with Gasteiger partial charge in [-0.15, -0.1) is 11.3 Å². The van der Waals surface area contributed by atoms with Gasteiger partial charge in [-0.3, -0.25) is 0 Å². The molecule has 0 saturated carbocycles. The van der Waals surface area contributed by atoms with Crippen LogP contribution in [0.15, 0.2) is 192 Å². The van der Waals surface area contributed by atoms with Crippen molar-refractivity contribution in [3.05, 3.63) is 188 Å². The number of hydrogen-bond donors (Lipinski definition) is 0. The van der Waals surface area contributed by atoms with Crippen LogP contribution in [0, 0.1) is 0 Å². The van der Waals surface area contributed by atoms with Gasteiger partial charge < -0.3 is 4.42 Å². The predicted molar refractivity (Wildman–Crippen MR) is 233 cm³/mol. The highest BCUT2D eigenvalue weighted by Crippen LogP contribution is 2.46. The first kappa shape index (κ1) is 32.2. The Bertz CT molecular complexity index is 3230. The van der Waals surface area contributed by atoms with Crippen LogP contribution >= 0.6 is 11.3 Å².